The maximum absolute atomic E-state index is 13.1. The Morgan fingerprint density at radius 2 is 1.89 bits per heavy atom. The highest BCUT2D eigenvalue weighted by Crippen LogP contribution is 2.21. The van der Waals surface area contributed by atoms with E-state index in [0.29, 0.717) is 63.7 Å². The van der Waals surface area contributed by atoms with Crippen LogP contribution in [-0.4, -0.2) is 93.1 Å². The number of nitrogens with two attached hydrogens (primary N) is 3. The smallest absolute Gasteiger partial charge is 0.255 e. The van der Waals surface area contributed by atoms with E-state index < -0.39 is 17.9 Å². The zero-order chi connectivity index (χ0) is 27.2. The first kappa shape index (κ1) is 29.7. The third kappa shape index (κ3) is 9.13. The molecule has 37 heavy (non-hydrogen) atoms. The van der Waals surface area contributed by atoms with Crippen molar-refractivity contribution >= 4 is 24.0 Å². The first-order valence-electron chi connectivity index (χ1n) is 11.9. The average molecular weight is 521 g/mol. The number of aldehydes is 1. The highest BCUT2D eigenvalue weighted by molar-refractivity contribution is 6.06. The Morgan fingerprint density at radius 3 is 2.54 bits per heavy atom. The lowest BCUT2D eigenvalue weighted by atomic mass is 10.0. The van der Waals surface area contributed by atoms with Crippen LogP contribution in [0.4, 0.5) is 0 Å². The summed E-state index contributed by atoms with van der Waals surface area (Å²) in [6.07, 6.45) is 2.65. The van der Waals surface area contributed by atoms with E-state index in [4.69, 9.17) is 31.5 Å². The number of hydrogen-bond donors (Lipinski definition) is 4. The molecule has 1 aliphatic rings. The van der Waals surface area contributed by atoms with Gasteiger partial charge in [-0.3, -0.25) is 24.5 Å². The van der Waals surface area contributed by atoms with Crippen LogP contribution in [0.3, 0.4) is 0 Å². The number of nitrogens with zero attached hydrogens (tertiary/aromatic N) is 2. The van der Waals surface area contributed by atoms with E-state index in [1.807, 2.05) is 0 Å². The molecule has 0 bridgehead atoms. The highest BCUT2D eigenvalue weighted by Gasteiger charge is 2.33. The summed E-state index contributed by atoms with van der Waals surface area (Å²) in [7, 11) is 1.45. The van der Waals surface area contributed by atoms with Gasteiger partial charge in [-0.2, -0.15) is 0 Å². The molecule has 0 spiro atoms. The molecule has 1 unspecified atom stereocenters. The average Bonchev–Trinajstić information content (AvgIpc) is 2.89. The molecule has 3 amide bonds. The van der Waals surface area contributed by atoms with E-state index >= 15 is 0 Å². The number of amides is 3. The maximum atomic E-state index is 13.1. The summed E-state index contributed by atoms with van der Waals surface area (Å²) in [6, 6.07) is 3.67. The number of rotatable bonds is 16. The molecule has 1 atom stereocenters. The molecule has 1 aromatic carbocycles. The highest BCUT2D eigenvalue weighted by atomic mass is 16.5. The van der Waals surface area contributed by atoms with Gasteiger partial charge in [0.25, 0.3) is 5.91 Å². The molecular weight excluding hydrogens is 484 g/mol. The summed E-state index contributed by atoms with van der Waals surface area (Å²) >= 11 is 0. The molecule has 1 aliphatic heterocycles. The summed E-state index contributed by atoms with van der Waals surface area (Å²) in [4.78, 5) is 49.4. The molecule has 1 aromatic rings. The zero-order valence-electron chi connectivity index (χ0n) is 21.0. The van der Waals surface area contributed by atoms with Crippen molar-refractivity contribution in [2.24, 2.45) is 17.3 Å². The predicted octanol–water partition coefficient (Wildman–Crippen LogP) is -0.887. The van der Waals surface area contributed by atoms with Gasteiger partial charge in [0.1, 0.15) is 11.8 Å². The molecule has 0 aliphatic carbocycles. The van der Waals surface area contributed by atoms with Crippen molar-refractivity contribution < 1.29 is 33.4 Å². The molecule has 204 valence electrons. The number of nitrogens with one attached hydrogen (secondary N) is 1. The predicted molar refractivity (Wildman–Crippen MR) is 134 cm³/mol. The minimum atomic E-state index is -0.815. The van der Waals surface area contributed by atoms with Crippen molar-refractivity contribution in [2.75, 3.05) is 53.2 Å². The van der Waals surface area contributed by atoms with Crippen LogP contribution in [0.25, 0.3) is 0 Å². The fraction of sp³-hybridized carbons (Fsp3) is 0.500. The zero-order valence-corrected chi connectivity index (χ0v) is 21.0. The van der Waals surface area contributed by atoms with Gasteiger partial charge in [-0.1, -0.05) is 0 Å². The van der Waals surface area contributed by atoms with Crippen molar-refractivity contribution in [3.8, 4) is 5.75 Å². The van der Waals surface area contributed by atoms with Crippen LogP contribution >= 0.6 is 0 Å². The number of carbonyl (C=O) groups is 4. The van der Waals surface area contributed by atoms with Crippen LogP contribution in [0, 0.1) is 0 Å². The van der Waals surface area contributed by atoms with Crippen LogP contribution in [0.5, 0.6) is 5.75 Å². The van der Waals surface area contributed by atoms with Crippen molar-refractivity contribution in [3.63, 3.8) is 0 Å². The second kappa shape index (κ2) is 15.6. The molecule has 13 heteroatoms. The lowest BCUT2D eigenvalue weighted by molar-refractivity contribution is -0.136. The molecule has 13 nitrogen and oxygen atoms in total. The quantitative estimate of drug-likeness (QED) is 0.0695. The van der Waals surface area contributed by atoms with Gasteiger partial charge in [-0.15, -0.1) is 0 Å². The Morgan fingerprint density at radius 1 is 1.16 bits per heavy atom. The third-order valence-electron chi connectivity index (χ3n) is 5.68. The molecule has 2 rings (SSSR count). The second-order valence-electron chi connectivity index (χ2n) is 8.21. The third-order valence-corrected chi connectivity index (χ3v) is 5.68. The molecule has 0 saturated carbocycles. The fourth-order valence-corrected chi connectivity index (χ4v) is 3.60. The summed E-state index contributed by atoms with van der Waals surface area (Å²) in [5.41, 5.74) is 11.9. The minimum Gasteiger partial charge on any atom is -0.493 e. The Hall–Kier alpha value is -3.52. The number of carbonyl (C=O) groups excluding carboxylic acids is 4. The van der Waals surface area contributed by atoms with Gasteiger partial charge in [0.15, 0.2) is 6.29 Å². The Bertz CT molecular complexity index is 971. The van der Waals surface area contributed by atoms with Gasteiger partial charge >= 0.3 is 0 Å². The van der Waals surface area contributed by atoms with Gasteiger partial charge < -0.3 is 35.6 Å². The van der Waals surface area contributed by atoms with Crippen molar-refractivity contribution in [2.45, 2.75) is 25.3 Å². The fourth-order valence-electron chi connectivity index (χ4n) is 3.60. The van der Waals surface area contributed by atoms with E-state index in [2.05, 4.69) is 5.32 Å². The molecule has 0 aromatic heterocycles. The van der Waals surface area contributed by atoms with Crippen molar-refractivity contribution in [3.05, 3.63) is 41.2 Å². The van der Waals surface area contributed by atoms with E-state index in [1.54, 1.807) is 6.07 Å². The van der Waals surface area contributed by atoms with Crippen LogP contribution in [0.15, 0.2) is 30.1 Å². The first-order valence-corrected chi connectivity index (χ1v) is 11.9. The number of piperidine rings is 1. The molecule has 1 heterocycles. The van der Waals surface area contributed by atoms with Crippen LogP contribution in [-0.2, 0) is 19.1 Å². The van der Waals surface area contributed by atoms with Gasteiger partial charge in [0.2, 0.25) is 11.8 Å². The van der Waals surface area contributed by atoms with Crippen LogP contribution in [0.1, 0.15) is 40.0 Å². The van der Waals surface area contributed by atoms with Gasteiger partial charge in [-0.25, -0.2) is 5.84 Å². The standard InChI is InChI=1S/C24H36N6O7/c1-29(21-4-5-22(32)28-23(21)33)24(34)20-14-19(3-2-17(20)16-31)37-9-6-18(15-26)30(27)8-11-36-13-12-35-10-7-25/h2-3,14-16,21H,4-13,25-27H2,1H3,(H,28,32,33)/b18-15-. The summed E-state index contributed by atoms with van der Waals surface area (Å²) in [5, 5.41) is 3.68. The lowest BCUT2D eigenvalue weighted by Gasteiger charge is -2.30. The first-order chi connectivity index (χ1) is 17.8. The van der Waals surface area contributed by atoms with Crippen molar-refractivity contribution in [1.82, 2.24) is 15.2 Å². The summed E-state index contributed by atoms with van der Waals surface area (Å²) in [6.45, 7) is 2.79. The van der Waals surface area contributed by atoms with Crippen molar-refractivity contribution in [1.29, 1.82) is 0 Å². The molecule has 0 radical (unpaired) electrons. The van der Waals surface area contributed by atoms with Gasteiger partial charge in [0.05, 0.1) is 45.1 Å². The lowest BCUT2D eigenvalue weighted by Crippen LogP contribution is -2.53. The number of hydrogen-bond acceptors (Lipinski definition) is 11. The van der Waals surface area contributed by atoms with Gasteiger partial charge in [-0.05, 0) is 24.6 Å². The largest absolute Gasteiger partial charge is 0.493 e. The normalized spacial score (nSPS) is 15.8. The Balaban J connectivity index is 1.91. The second-order valence-corrected chi connectivity index (χ2v) is 8.21. The van der Waals surface area contributed by atoms with Crippen LogP contribution in [0.2, 0.25) is 0 Å². The summed E-state index contributed by atoms with van der Waals surface area (Å²) in [5.74, 6) is 4.94. The molecule has 1 saturated heterocycles. The monoisotopic (exact) mass is 520 g/mol. The topological polar surface area (TPSA) is 193 Å². The van der Waals surface area contributed by atoms with E-state index in [9.17, 15) is 19.2 Å². The van der Waals surface area contributed by atoms with Crippen LogP contribution < -0.4 is 27.4 Å². The maximum Gasteiger partial charge on any atom is 0.255 e. The Kier molecular flexibility index (Phi) is 12.5. The number of hydrazine groups is 1. The number of imide groups is 1. The number of benzene rings is 1. The SMILES string of the molecule is CN(C(=O)c1cc(OCC/C(=C/N)N(N)CCOCCOCCN)ccc1C=O)C1CCC(=O)NC1=O. The van der Waals surface area contributed by atoms with E-state index in [-0.39, 0.29) is 36.5 Å². The number of likely N-dealkylation sites (N-methyl/N-ethyl adjacent to an activating group) is 1. The number of ether oxygens (including phenoxy) is 3. The van der Waals surface area contributed by atoms with E-state index in [0.717, 1.165) is 0 Å². The molecule has 1 fully saturated rings. The summed E-state index contributed by atoms with van der Waals surface area (Å²) < 4.78 is 16.5. The minimum absolute atomic E-state index is 0.0855. The van der Waals surface area contributed by atoms with Gasteiger partial charge in [0, 0.05) is 43.9 Å². The van der Waals surface area contributed by atoms with E-state index in [1.165, 1.54) is 35.3 Å². The Labute approximate surface area is 215 Å². The molecular formula is C24H36N6O7. The molecule has 7 N–H and O–H groups in total.